The molecule has 0 aliphatic carbocycles. The lowest BCUT2D eigenvalue weighted by molar-refractivity contribution is -0.114. The molecule has 1 aliphatic rings. The molecule has 176 valence electrons. The van der Waals surface area contributed by atoms with Crippen molar-refractivity contribution in [2.45, 2.75) is 12.8 Å². The Morgan fingerprint density at radius 2 is 1.77 bits per heavy atom. The standard InChI is InChI=1S/C26H21FN4O2S2/c1-16-23(25(33)31-18-6-3-2-4-7-18)24(21-8-5-13-34-21)20(14-28)26(29-16)35-15-22(32)30-19-11-9-17(27)10-12-19/h2-13,20,24H,15H2,1H3,(H,30,32)(H,31,33). The zero-order chi connectivity index (χ0) is 24.8. The zero-order valence-electron chi connectivity index (χ0n) is 18.7. The second kappa shape index (κ2) is 11.1. The molecule has 9 heteroatoms. The number of nitriles is 1. The van der Waals surface area contributed by atoms with E-state index in [0.29, 0.717) is 27.7 Å². The van der Waals surface area contributed by atoms with E-state index in [4.69, 9.17) is 0 Å². The maximum absolute atomic E-state index is 13.3. The van der Waals surface area contributed by atoms with E-state index in [9.17, 15) is 19.2 Å². The molecule has 2 unspecified atom stereocenters. The topological polar surface area (TPSA) is 94.4 Å². The lowest BCUT2D eigenvalue weighted by Crippen LogP contribution is -2.31. The van der Waals surface area contributed by atoms with Gasteiger partial charge in [0.25, 0.3) is 5.91 Å². The van der Waals surface area contributed by atoms with E-state index in [-0.39, 0.29) is 23.4 Å². The van der Waals surface area contributed by atoms with Crippen molar-refractivity contribution in [2.24, 2.45) is 10.9 Å². The van der Waals surface area contributed by atoms with E-state index in [1.54, 1.807) is 19.1 Å². The number of carbonyl (C=O) groups excluding carboxylic acids is 2. The fourth-order valence-corrected chi connectivity index (χ4v) is 5.54. The summed E-state index contributed by atoms with van der Waals surface area (Å²) in [6.07, 6.45) is 0. The van der Waals surface area contributed by atoms with Crippen LogP contribution in [0.4, 0.5) is 15.8 Å². The van der Waals surface area contributed by atoms with Crippen molar-refractivity contribution >= 4 is 51.3 Å². The Morgan fingerprint density at radius 3 is 2.43 bits per heavy atom. The van der Waals surface area contributed by atoms with Crippen molar-refractivity contribution in [3.05, 3.63) is 94.1 Å². The highest BCUT2D eigenvalue weighted by molar-refractivity contribution is 8.14. The van der Waals surface area contributed by atoms with Crippen LogP contribution in [0.3, 0.4) is 0 Å². The minimum atomic E-state index is -0.725. The van der Waals surface area contributed by atoms with Crippen molar-refractivity contribution in [3.8, 4) is 6.07 Å². The Bertz CT molecular complexity index is 1310. The Hall–Kier alpha value is -3.74. The summed E-state index contributed by atoms with van der Waals surface area (Å²) in [5.74, 6) is -2.22. The first-order chi connectivity index (χ1) is 17.0. The van der Waals surface area contributed by atoms with Crippen molar-refractivity contribution in [3.63, 3.8) is 0 Å². The third-order valence-corrected chi connectivity index (χ3v) is 7.33. The van der Waals surface area contributed by atoms with Crippen LogP contribution in [0.2, 0.25) is 0 Å². The van der Waals surface area contributed by atoms with Gasteiger partial charge in [-0.25, -0.2) is 9.38 Å². The fraction of sp³-hybridized carbons (Fsp3) is 0.154. The van der Waals surface area contributed by atoms with E-state index >= 15 is 0 Å². The van der Waals surface area contributed by atoms with Gasteiger partial charge in [0.15, 0.2) is 0 Å². The smallest absolute Gasteiger partial charge is 0.254 e. The van der Waals surface area contributed by atoms with Gasteiger partial charge >= 0.3 is 0 Å². The number of benzene rings is 2. The zero-order valence-corrected chi connectivity index (χ0v) is 20.3. The molecular weight excluding hydrogens is 483 g/mol. The first kappa shape index (κ1) is 24.4. The van der Waals surface area contributed by atoms with Gasteiger partial charge in [0, 0.05) is 33.4 Å². The maximum Gasteiger partial charge on any atom is 0.254 e. The predicted molar refractivity (Wildman–Crippen MR) is 139 cm³/mol. The van der Waals surface area contributed by atoms with E-state index in [1.165, 1.54) is 35.6 Å². The van der Waals surface area contributed by atoms with Crippen molar-refractivity contribution in [2.75, 3.05) is 16.4 Å². The quantitative estimate of drug-likeness (QED) is 0.443. The molecule has 2 amide bonds. The van der Waals surface area contributed by atoms with Crippen LogP contribution in [0, 0.1) is 23.1 Å². The monoisotopic (exact) mass is 504 g/mol. The van der Waals surface area contributed by atoms with E-state index in [0.717, 1.165) is 16.6 Å². The summed E-state index contributed by atoms with van der Waals surface area (Å²) in [6, 6.07) is 20.7. The summed E-state index contributed by atoms with van der Waals surface area (Å²) < 4.78 is 13.1. The predicted octanol–water partition coefficient (Wildman–Crippen LogP) is 5.81. The largest absolute Gasteiger partial charge is 0.325 e. The summed E-state index contributed by atoms with van der Waals surface area (Å²) in [6.45, 7) is 1.74. The van der Waals surface area contributed by atoms with Crippen molar-refractivity contribution < 1.29 is 14.0 Å². The summed E-state index contributed by atoms with van der Waals surface area (Å²) >= 11 is 2.63. The lowest BCUT2D eigenvalue weighted by Gasteiger charge is -2.29. The van der Waals surface area contributed by atoms with Crippen LogP contribution < -0.4 is 10.6 Å². The molecule has 0 fully saturated rings. The average Bonchev–Trinajstić information content (AvgIpc) is 3.39. The van der Waals surface area contributed by atoms with Gasteiger partial charge in [-0.15, -0.1) is 11.3 Å². The second-order valence-electron chi connectivity index (χ2n) is 7.71. The number of allylic oxidation sites excluding steroid dienone is 1. The highest BCUT2D eigenvalue weighted by Gasteiger charge is 2.39. The number of thiophene rings is 1. The molecule has 6 nitrogen and oxygen atoms in total. The molecule has 0 spiro atoms. The number of aliphatic imine (C=N–C) groups is 1. The van der Waals surface area contributed by atoms with Crippen LogP contribution in [0.1, 0.15) is 17.7 Å². The van der Waals surface area contributed by atoms with Crippen LogP contribution in [-0.4, -0.2) is 22.6 Å². The van der Waals surface area contributed by atoms with Gasteiger partial charge in [-0.1, -0.05) is 36.0 Å². The number of nitrogens with zero attached hydrogens (tertiary/aromatic N) is 2. The van der Waals surface area contributed by atoms with E-state index < -0.39 is 11.8 Å². The summed E-state index contributed by atoms with van der Waals surface area (Å²) in [5, 5.41) is 18.1. The summed E-state index contributed by atoms with van der Waals surface area (Å²) in [7, 11) is 0. The number of halogens is 1. The molecule has 2 heterocycles. The van der Waals surface area contributed by atoms with E-state index in [1.807, 2.05) is 35.7 Å². The number of carbonyl (C=O) groups is 2. The Labute approximate surface area is 210 Å². The molecule has 2 atom stereocenters. The number of hydrogen-bond donors (Lipinski definition) is 2. The number of rotatable bonds is 6. The molecule has 35 heavy (non-hydrogen) atoms. The molecule has 1 aliphatic heterocycles. The molecule has 0 saturated heterocycles. The number of amides is 2. The molecule has 0 bridgehead atoms. The van der Waals surface area contributed by atoms with Crippen molar-refractivity contribution in [1.29, 1.82) is 5.26 Å². The molecule has 4 rings (SSSR count). The van der Waals surface area contributed by atoms with Crippen LogP contribution in [0.25, 0.3) is 0 Å². The van der Waals surface area contributed by atoms with Gasteiger partial charge in [-0.05, 0) is 54.8 Å². The molecule has 0 saturated carbocycles. The minimum absolute atomic E-state index is 0.0182. The summed E-state index contributed by atoms with van der Waals surface area (Å²) in [4.78, 5) is 31.2. The maximum atomic E-state index is 13.3. The highest BCUT2D eigenvalue weighted by Crippen LogP contribution is 2.43. The van der Waals surface area contributed by atoms with Crippen LogP contribution >= 0.6 is 23.1 Å². The lowest BCUT2D eigenvalue weighted by atomic mass is 9.82. The number of thioether (sulfide) groups is 1. The first-order valence-corrected chi connectivity index (χ1v) is 12.6. The fourth-order valence-electron chi connectivity index (χ4n) is 3.75. The summed E-state index contributed by atoms with van der Waals surface area (Å²) in [5.41, 5.74) is 2.07. The van der Waals surface area contributed by atoms with Gasteiger partial charge in [0.05, 0.1) is 16.9 Å². The molecule has 0 radical (unpaired) electrons. The van der Waals surface area contributed by atoms with Gasteiger partial charge in [-0.2, -0.15) is 5.26 Å². The average molecular weight is 505 g/mol. The van der Waals surface area contributed by atoms with Crippen molar-refractivity contribution in [1.82, 2.24) is 0 Å². The number of nitrogens with one attached hydrogen (secondary N) is 2. The van der Waals surface area contributed by atoms with Gasteiger partial charge < -0.3 is 10.6 Å². The molecule has 2 aromatic carbocycles. The van der Waals surface area contributed by atoms with Crippen LogP contribution in [0.15, 0.2) is 88.4 Å². The van der Waals surface area contributed by atoms with Crippen LogP contribution in [-0.2, 0) is 9.59 Å². The number of hydrogen-bond acceptors (Lipinski definition) is 6. The second-order valence-corrected chi connectivity index (χ2v) is 9.69. The number of para-hydroxylation sites is 1. The Balaban J connectivity index is 1.58. The highest BCUT2D eigenvalue weighted by atomic mass is 32.2. The molecule has 3 aromatic rings. The van der Waals surface area contributed by atoms with Gasteiger partial charge in [0.2, 0.25) is 5.91 Å². The molecule has 1 aromatic heterocycles. The van der Waals surface area contributed by atoms with Gasteiger partial charge in [0.1, 0.15) is 11.7 Å². The normalized spacial score (nSPS) is 17.3. The van der Waals surface area contributed by atoms with Crippen LogP contribution in [0.5, 0.6) is 0 Å². The molecule has 2 N–H and O–H groups in total. The minimum Gasteiger partial charge on any atom is -0.325 e. The first-order valence-electron chi connectivity index (χ1n) is 10.7. The number of anilines is 2. The third kappa shape index (κ3) is 5.85. The Morgan fingerprint density at radius 1 is 1.06 bits per heavy atom. The Kier molecular flexibility index (Phi) is 7.75. The third-order valence-electron chi connectivity index (χ3n) is 5.32. The van der Waals surface area contributed by atoms with E-state index in [2.05, 4.69) is 21.7 Å². The van der Waals surface area contributed by atoms with Gasteiger partial charge in [-0.3, -0.25) is 9.59 Å². The molecular formula is C26H21FN4O2S2. The SMILES string of the molecule is CC1=C(C(=O)Nc2ccccc2)C(c2cccs2)C(C#N)C(SCC(=O)Nc2ccc(F)cc2)=N1.